The minimum Gasteiger partial charge on any atom is -0.352 e. The maximum atomic E-state index is 15.0. The molecule has 0 fully saturated rings. The number of hydrogen-bond donors (Lipinski definition) is 1. The Labute approximate surface area is 228 Å². The smallest absolute Gasteiger partial charge is 0.264 e. The molecule has 0 bridgehead atoms. The van der Waals surface area contributed by atoms with Gasteiger partial charge in [-0.05, 0) is 69.2 Å². The molecule has 10 heteroatoms. The number of benzene rings is 3. The molecule has 0 aromatic heterocycles. The lowest BCUT2D eigenvalue weighted by Gasteiger charge is -2.33. The molecule has 0 spiro atoms. The molecule has 1 atom stereocenters. The van der Waals surface area contributed by atoms with E-state index in [9.17, 15) is 26.8 Å². The second kappa shape index (κ2) is 12.8. The largest absolute Gasteiger partial charge is 0.352 e. The second-order valence-corrected chi connectivity index (χ2v) is 11.4. The van der Waals surface area contributed by atoms with Crippen LogP contribution in [0.4, 0.5) is 14.5 Å². The van der Waals surface area contributed by atoms with Crippen molar-refractivity contribution >= 4 is 27.5 Å². The van der Waals surface area contributed by atoms with Gasteiger partial charge in [0.05, 0.1) is 10.6 Å². The molecule has 0 aliphatic carbocycles. The van der Waals surface area contributed by atoms with Gasteiger partial charge in [-0.15, -0.1) is 0 Å². The summed E-state index contributed by atoms with van der Waals surface area (Å²) < 4.78 is 56.7. The highest BCUT2D eigenvalue weighted by atomic mass is 32.2. The summed E-state index contributed by atoms with van der Waals surface area (Å²) in [5.41, 5.74) is 1.07. The summed E-state index contributed by atoms with van der Waals surface area (Å²) in [5.74, 6) is -2.42. The summed E-state index contributed by atoms with van der Waals surface area (Å²) in [6.07, 6.45) is 0.232. The number of hydrogen-bond acceptors (Lipinski definition) is 4. The Bertz CT molecular complexity index is 1390. The summed E-state index contributed by atoms with van der Waals surface area (Å²) in [5, 5.41) is 2.79. The van der Waals surface area contributed by atoms with Crippen LogP contribution in [0.1, 0.15) is 38.3 Å². The average molecular weight is 558 g/mol. The molecule has 0 saturated carbocycles. The van der Waals surface area contributed by atoms with Gasteiger partial charge in [0.25, 0.3) is 10.0 Å². The van der Waals surface area contributed by atoms with Gasteiger partial charge >= 0.3 is 0 Å². The fraction of sp³-hybridized carbons (Fsp3) is 0.310. The molecule has 208 valence electrons. The zero-order valence-electron chi connectivity index (χ0n) is 22.4. The number of para-hydroxylation sites is 1. The summed E-state index contributed by atoms with van der Waals surface area (Å²) >= 11 is 0. The van der Waals surface area contributed by atoms with E-state index in [0.717, 1.165) is 15.9 Å². The summed E-state index contributed by atoms with van der Waals surface area (Å²) in [4.78, 5) is 28.1. The zero-order valence-corrected chi connectivity index (χ0v) is 23.2. The van der Waals surface area contributed by atoms with Gasteiger partial charge in [-0.2, -0.15) is 0 Å². The van der Waals surface area contributed by atoms with Crippen LogP contribution in [0.15, 0.2) is 77.7 Å². The van der Waals surface area contributed by atoms with Crippen LogP contribution >= 0.6 is 0 Å². The number of amides is 2. The molecule has 1 N–H and O–H groups in total. The number of nitrogens with zero attached hydrogens (tertiary/aromatic N) is 2. The lowest BCUT2D eigenvalue weighted by molar-refractivity contribution is -0.140. The van der Waals surface area contributed by atoms with E-state index >= 15 is 0 Å². The fourth-order valence-electron chi connectivity index (χ4n) is 4.09. The molecular formula is C29H33F2N3O4S. The first-order valence-corrected chi connectivity index (χ1v) is 14.1. The lowest BCUT2D eigenvalue weighted by atomic mass is 10.1. The van der Waals surface area contributed by atoms with Crippen LogP contribution in [-0.4, -0.2) is 43.8 Å². The van der Waals surface area contributed by atoms with Crippen molar-refractivity contribution in [3.05, 3.63) is 95.6 Å². The maximum absolute atomic E-state index is 15.0. The monoisotopic (exact) mass is 557 g/mol. The fourth-order valence-corrected chi connectivity index (χ4v) is 5.51. The molecule has 0 saturated heterocycles. The van der Waals surface area contributed by atoms with E-state index in [2.05, 4.69) is 5.32 Å². The summed E-state index contributed by atoms with van der Waals surface area (Å²) in [6.45, 7) is 6.25. The van der Waals surface area contributed by atoms with Gasteiger partial charge in [-0.25, -0.2) is 17.2 Å². The van der Waals surface area contributed by atoms with Crippen LogP contribution in [0.3, 0.4) is 0 Å². The first-order chi connectivity index (χ1) is 18.4. The second-order valence-electron chi connectivity index (χ2n) is 9.51. The van der Waals surface area contributed by atoms with Crippen molar-refractivity contribution in [1.82, 2.24) is 10.2 Å². The van der Waals surface area contributed by atoms with Gasteiger partial charge in [0.1, 0.15) is 24.2 Å². The molecule has 0 unspecified atom stereocenters. The van der Waals surface area contributed by atoms with E-state index < -0.39 is 46.1 Å². The first-order valence-electron chi connectivity index (χ1n) is 12.6. The molecule has 3 aromatic rings. The van der Waals surface area contributed by atoms with E-state index in [1.165, 1.54) is 59.5 Å². The van der Waals surface area contributed by atoms with E-state index in [0.29, 0.717) is 5.56 Å². The Kier molecular flexibility index (Phi) is 9.80. The first kappa shape index (κ1) is 29.8. The van der Waals surface area contributed by atoms with E-state index in [1.54, 1.807) is 39.8 Å². The van der Waals surface area contributed by atoms with Crippen molar-refractivity contribution in [2.75, 3.05) is 10.8 Å². The van der Waals surface area contributed by atoms with Crippen LogP contribution in [0.5, 0.6) is 0 Å². The normalized spacial score (nSPS) is 12.2. The molecule has 2 amide bonds. The highest BCUT2D eigenvalue weighted by Gasteiger charge is 2.34. The van der Waals surface area contributed by atoms with Gasteiger partial charge < -0.3 is 10.2 Å². The lowest BCUT2D eigenvalue weighted by Crippen LogP contribution is -2.53. The Morgan fingerprint density at radius 1 is 0.923 bits per heavy atom. The molecule has 3 aromatic carbocycles. The van der Waals surface area contributed by atoms with Gasteiger partial charge in [0.15, 0.2) is 0 Å². The predicted octanol–water partition coefficient (Wildman–Crippen LogP) is 4.80. The Morgan fingerprint density at radius 2 is 1.54 bits per heavy atom. The van der Waals surface area contributed by atoms with Crippen molar-refractivity contribution in [3.8, 4) is 0 Å². The molecular weight excluding hydrogens is 524 g/mol. The predicted molar refractivity (Wildman–Crippen MR) is 146 cm³/mol. The van der Waals surface area contributed by atoms with Crippen molar-refractivity contribution < 1.29 is 26.8 Å². The number of carbonyl (C=O) groups excluding carboxylic acids is 2. The molecule has 7 nitrogen and oxygen atoms in total. The standard InChI is InChI=1S/C29H33F2N3O4S/c1-5-26(29(36)32-20(2)3)33(18-22-12-14-23(30)15-13-22)28(35)19-34(27-9-7-6-8-25(27)31)39(37,38)24-16-10-21(4)11-17-24/h6-17,20,26H,5,18-19H2,1-4H3,(H,32,36)/t26-/m0/s1. The number of anilines is 1. The number of halogens is 2. The van der Waals surface area contributed by atoms with Crippen molar-refractivity contribution in [2.24, 2.45) is 0 Å². The van der Waals surface area contributed by atoms with Crippen LogP contribution in [0.25, 0.3) is 0 Å². The van der Waals surface area contributed by atoms with Crippen molar-refractivity contribution in [3.63, 3.8) is 0 Å². The summed E-state index contributed by atoms with van der Waals surface area (Å²) in [6, 6.07) is 15.6. The van der Waals surface area contributed by atoms with E-state index in [-0.39, 0.29) is 29.6 Å². The van der Waals surface area contributed by atoms with E-state index in [4.69, 9.17) is 0 Å². The molecule has 39 heavy (non-hydrogen) atoms. The van der Waals surface area contributed by atoms with Crippen LogP contribution in [0.2, 0.25) is 0 Å². The van der Waals surface area contributed by atoms with Crippen molar-refractivity contribution in [1.29, 1.82) is 0 Å². The average Bonchev–Trinajstić information content (AvgIpc) is 2.88. The SMILES string of the molecule is CC[C@@H](C(=O)NC(C)C)N(Cc1ccc(F)cc1)C(=O)CN(c1ccccc1F)S(=O)(=O)c1ccc(C)cc1. The quantitative estimate of drug-likeness (QED) is 0.367. The van der Waals surface area contributed by atoms with Gasteiger partial charge in [-0.3, -0.25) is 13.9 Å². The molecule has 0 aliphatic rings. The highest BCUT2D eigenvalue weighted by Crippen LogP contribution is 2.27. The topological polar surface area (TPSA) is 86.8 Å². The molecule has 0 aliphatic heterocycles. The maximum Gasteiger partial charge on any atom is 0.264 e. The van der Waals surface area contributed by atoms with E-state index in [1.807, 2.05) is 0 Å². The molecule has 3 rings (SSSR count). The van der Waals surface area contributed by atoms with Gasteiger partial charge in [0.2, 0.25) is 11.8 Å². The van der Waals surface area contributed by atoms with Crippen molar-refractivity contribution in [2.45, 2.75) is 57.6 Å². The Morgan fingerprint density at radius 3 is 2.10 bits per heavy atom. The third-order valence-electron chi connectivity index (χ3n) is 6.09. The number of carbonyl (C=O) groups is 2. The van der Waals surface area contributed by atoms with Crippen LogP contribution < -0.4 is 9.62 Å². The molecule has 0 radical (unpaired) electrons. The Balaban J connectivity index is 2.07. The minimum atomic E-state index is -4.38. The number of rotatable bonds is 11. The summed E-state index contributed by atoms with van der Waals surface area (Å²) in [7, 11) is -4.38. The zero-order chi connectivity index (χ0) is 28.7. The minimum absolute atomic E-state index is 0.0845. The number of sulfonamides is 1. The third kappa shape index (κ3) is 7.41. The van der Waals surface area contributed by atoms with Crippen LogP contribution in [0, 0.1) is 18.6 Å². The molecule has 0 heterocycles. The van der Waals surface area contributed by atoms with Gasteiger partial charge in [0, 0.05) is 12.6 Å². The number of nitrogens with one attached hydrogen (secondary N) is 1. The highest BCUT2D eigenvalue weighted by molar-refractivity contribution is 7.92. The Hall–Kier alpha value is -3.79. The van der Waals surface area contributed by atoms with Gasteiger partial charge in [-0.1, -0.05) is 48.9 Å². The third-order valence-corrected chi connectivity index (χ3v) is 7.87. The number of aryl methyl sites for hydroxylation is 1. The van der Waals surface area contributed by atoms with Crippen LogP contribution in [-0.2, 0) is 26.2 Å².